The second kappa shape index (κ2) is 6.91. The van der Waals surface area contributed by atoms with Crippen molar-refractivity contribution >= 4 is 0 Å². The van der Waals surface area contributed by atoms with Crippen molar-refractivity contribution in [2.24, 2.45) is 5.92 Å². The Morgan fingerprint density at radius 2 is 1.67 bits per heavy atom. The van der Waals surface area contributed by atoms with Crippen LogP contribution in [0.15, 0.2) is 0 Å². The average Bonchev–Trinajstić information content (AvgIpc) is 2.39. The van der Waals surface area contributed by atoms with Gasteiger partial charge in [0.1, 0.15) is 0 Å². The zero-order valence-corrected chi connectivity index (χ0v) is 13.4. The molecule has 0 spiro atoms. The molecule has 0 aromatic carbocycles. The molecule has 1 fully saturated rings. The molecule has 108 valence electrons. The van der Waals surface area contributed by atoms with E-state index in [0.29, 0.717) is 11.6 Å². The highest BCUT2D eigenvalue weighted by molar-refractivity contribution is 4.99. The van der Waals surface area contributed by atoms with Gasteiger partial charge in [0.05, 0.1) is 0 Å². The quantitative estimate of drug-likeness (QED) is 0.778. The minimum atomic E-state index is 0.355. The van der Waals surface area contributed by atoms with Gasteiger partial charge in [0, 0.05) is 30.7 Å². The highest BCUT2D eigenvalue weighted by Crippen LogP contribution is 2.28. The van der Waals surface area contributed by atoms with E-state index in [1.165, 1.54) is 32.2 Å². The van der Waals surface area contributed by atoms with Crippen LogP contribution in [0.4, 0.5) is 0 Å². The van der Waals surface area contributed by atoms with Crippen LogP contribution in [-0.2, 0) is 0 Å². The molecule has 1 saturated heterocycles. The van der Waals surface area contributed by atoms with Gasteiger partial charge in [-0.1, -0.05) is 41.5 Å². The van der Waals surface area contributed by atoms with Gasteiger partial charge in [-0.3, -0.25) is 4.90 Å². The second-order valence-corrected chi connectivity index (χ2v) is 6.32. The molecule has 0 bridgehead atoms. The zero-order chi connectivity index (χ0) is 13.8. The maximum absolute atomic E-state index is 3.85. The fourth-order valence-electron chi connectivity index (χ4n) is 3.46. The first-order chi connectivity index (χ1) is 8.53. The Hall–Kier alpha value is -0.0800. The van der Waals surface area contributed by atoms with Crippen LogP contribution < -0.4 is 5.32 Å². The molecule has 1 N–H and O–H groups in total. The molecule has 0 saturated carbocycles. The fraction of sp³-hybridized carbons (Fsp3) is 1.00. The number of hydrogen-bond acceptors (Lipinski definition) is 2. The summed E-state index contributed by atoms with van der Waals surface area (Å²) in [6, 6.07) is 1.47. The monoisotopic (exact) mass is 254 g/mol. The predicted molar refractivity (Wildman–Crippen MR) is 81.0 cm³/mol. The van der Waals surface area contributed by atoms with Gasteiger partial charge >= 0.3 is 0 Å². The van der Waals surface area contributed by atoms with E-state index < -0.39 is 0 Å². The van der Waals surface area contributed by atoms with Gasteiger partial charge in [0.2, 0.25) is 0 Å². The van der Waals surface area contributed by atoms with Crippen molar-refractivity contribution in [3.8, 4) is 0 Å². The maximum atomic E-state index is 3.85. The standard InChI is InChI=1S/C16H34N2/c1-7-14(8-2)18-12-16(9-3,10-4)17-11-15(18)13(5)6/h13-15,17H,7-12H2,1-6H3. The van der Waals surface area contributed by atoms with Crippen LogP contribution in [0.3, 0.4) is 0 Å². The summed E-state index contributed by atoms with van der Waals surface area (Å²) in [6.45, 7) is 16.5. The van der Waals surface area contributed by atoms with Gasteiger partial charge in [-0.15, -0.1) is 0 Å². The minimum Gasteiger partial charge on any atom is -0.308 e. The van der Waals surface area contributed by atoms with Crippen LogP contribution in [0.25, 0.3) is 0 Å². The number of nitrogens with one attached hydrogen (secondary N) is 1. The molecule has 2 heteroatoms. The molecule has 2 nitrogen and oxygen atoms in total. The smallest absolute Gasteiger partial charge is 0.0304 e. The van der Waals surface area contributed by atoms with E-state index in [1.54, 1.807) is 0 Å². The molecule has 18 heavy (non-hydrogen) atoms. The van der Waals surface area contributed by atoms with E-state index in [-0.39, 0.29) is 0 Å². The SMILES string of the molecule is CCC(CC)N1CC(CC)(CC)NCC1C(C)C. The lowest BCUT2D eigenvalue weighted by Gasteiger charge is -2.51. The number of hydrogen-bond donors (Lipinski definition) is 1. The van der Waals surface area contributed by atoms with Crippen LogP contribution in [0.5, 0.6) is 0 Å². The van der Waals surface area contributed by atoms with Gasteiger partial charge in [0.15, 0.2) is 0 Å². The van der Waals surface area contributed by atoms with E-state index >= 15 is 0 Å². The summed E-state index contributed by atoms with van der Waals surface area (Å²) in [5.74, 6) is 0.741. The summed E-state index contributed by atoms with van der Waals surface area (Å²) in [4.78, 5) is 2.81. The fourth-order valence-corrected chi connectivity index (χ4v) is 3.46. The molecule has 0 aromatic heterocycles. The Kier molecular flexibility index (Phi) is 6.13. The number of nitrogens with zero attached hydrogens (tertiary/aromatic N) is 1. The predicted octanol–water partition coefficient (Wildman–Crippen LogP) is 3.66. The molecule has 1 aliphatic heterocycles. The highest BCUT2D eigenvalue weighted by Gasteiger charge is 2.39. The van der Waals surface area contributed by atoms with Gasteiger partial charge in [0.25, 0.3) is 0 Å². The Balaban J connectivity index is 2.88. The Morgan fingerprint density at radius 3 is 2.06 bits per heavy atom. The molecule has 1 heterocycles. The molecule has 1 atom stereocenters. The molecule has 0 radical (unpaired) electrons. The normalized spacial score (nSPS) is 25.0. The lowest BCUT2D eigenvalue weighted by atomic mass is 9.85. The molecule has 0 aliphatic carbocycles. The molecule has 1 unspecified atom stereocenters. The molecular formula is C16H34N2. The van der Waals surface area contributed by atoms with Crippen LogP contribution in [0.1, 0.15) is 67.2 Å². The van der Waals surface area contributed by atoms with E-state index in [4.69, 9.17) is 0 Å². The van der Waals surface area contributed by atoms with Gasteiger partial charge < -0.3 is 5.32 Å². The van der Waals surface area contributed by atoms with E-state index in [2.05, 4.69) is 51.8 Å². The van der Waals surface area contributed by atoms with Crippen LogP contribution in [-0.4, -0.2) is 35.6 Å². The van der Waals surface area contributed by atoms with Crippen LogP contribution in [0, 0.1) is 5.92 Å². The first kappa shape index (κ1) is 16.0. The van der Waals surface area contributed by atoms with Crippen molar-refractivity contribution in [2.45, 2.75) is 84.8 Å². The summed E-state index contributed by atoms with van der Waals surface area (Å²) < 4.78 is 0. The Bertz CT molecular complexity index is 229. The first-order valence-corrected chi connectivity index (χ1v) is 8.04. The minimum absolute atomic E-state index is 0.355. The largest absolute Gasteiger partial charge is 0.308 e. The third kappa shape index (κ3) is 3.27. The molecule has 0 aromatic rings. The molecule has 1 aliphatic rings. The second-order valence-electron chi connectivity index (χ2n) is 6.32. The van der Waals surface area contributed by atoms with Crippen molar-refractivity contribution in [1.29, 1.82) is 0 Å². The van der Waals surface area contributed by atoms with Gasteiger partial charge in [-0.05, 0) is 31.6 Å². The van der Waals surface area contributed by atoms with Crippen LogP contribution >= 0.6 is 0 Å². The van der Waals surface area contributed by atoms with Crippen molar-refractivity contribution < 1.29 is 0 Å². The van der Waals surface area contributed by atoms with Gasteiger partial charge in [-0.25, -0.2) is 0 Å². The van der Waals surface area contributed by atoms with Crippen molar-refractivity contribution in [2.75, 3.05) is 13.1 Å². The average molecular weight is 254 g/mol. The lowest BCUT2D eigenvalue weighted by Crippen LogP contribution is -2.66. The topological polar surface area (TPSA) is 15.3 Å². The summed E-state index contributed by atoms with van der Waals surface area (Å²) >= 11 is 0. The zero-order valence-electron chi connectivity index (χ0n) is 13.4. The first-order valence-electron chi connectivity index (χ1n) is 8.04. The molecule has 0 amide bonds. The van der Waals surface area contributed by atoms with Crippen molar-refractivity contribution in [3.05, 3.63) is 0 Å². The van der Waals surface area contributed by atoms with Crippen molar-refractivity contribution in [3.63, 3.8) is 0 Å². The number of piperazine rings is 1. The van der Waals surface area contributed by atoms with Crippen molar-refractivity contribution in [1.82, 2.24) is 10.2 Å². The lowest BCUT2D eigenvalue weighted by molar-refractivity contribution is 0.0140. The summed E-state index contributed by atoms with van der Waals surface area (Å²) in [5, 5.41) is 3.85. The number of rotatable bonds is 6. The Morgan fingerprint density at radius 1 is 1.11 bits per heavy atom. The third-order valence-electron chi connectivity index (χ3n) is 5.13. The summed E-state index contributed by atoms with van der Waals surface area (Å²) in [5.41, 5.74) is 0.355. The third-order valence-corrected chi connectivity index (χ3v) is 5.13. The molecule has 1 rings (SSSR count). The van der Waals surface area contributed by atoms with Crippen LogP contribution in [0.2, 0.25) is 0 Å². The summed E-state index contributed by atoms with van der Waals surface area (Å²) in [6.07, 6.45) is 5.04. The van der Waals surface area contributed by atoms with E-state index in [9.17, 15) is 0 Å². The summed E-state index contributed by atoms with van der Waals surface area (Å²) in [7, 11) is 0. The van der Waals surface area contributed by atoms with E-state index in [0.717, 1.165) is 18.5 Å². The maximum Gasteiger partial charge on any atom is 0.0304 e. The Labute approximate surface area is 115 Å². The molecular weight excluding hydrogens is 220 g/mol. The van der Waals surface area contributed by atoms with Gasteiger partial charge in [-0.2, -0.15) is 0 Å². The highest BCUT2D eigenvalue weighted by atomic mass is 15.3. The van der Waals surface area contributed by atoms with E-state index in [1.807, 2.05) is 0 Å².